The van der Waals surface area contributed by atoms with Gasteiger partial charge in [-0.15, -0.1) is 0 Å². The molecule has 35 heavy (non-hydrogen) atoms. The molecule has 2 amide bonds. The minimum absolute atomic E-state index is 0.00111. The van der Waals surface area contributed by atoms with Gasteiger partial charge in [0.1, 0.15) is 12.6 Å². The summed E-state index contributed by atoms with van der Waals surface area (Å²) in [5, 5.41) is 12.4. The van der Waals surface area contributed by atoms with Crippen LogP contribution in [-0.2, 0) is 19.1 Å². The molecule has 4 aliphatic rings. The highest BCUT2D eigenvalue weighted by atomic mass is 16.5. The number of ether oxygens (including phenoxy) is 2. The number of carboxylic acid groups (broad SMARTS) is 1. The van der Waals surface area contributed by atoms with E-state index in [-0.39, 0.29) is 42.4 Å². The van der Waals surface area contributed by atoms with Crippen molar-refractivity contribution in [3.63, 3.8) is 0 Å². The summed E-state index contributed by atoms with van der Waals surface area (Å²) >= 11 is 0. The lowest BCUT2D eigenvalue weighted by Gasteiger charge is -2.27. The molecule has 1 saturated carbocycles. The zero-order valence-electron chi connectivity index (χ0n) is 19.3. The van der Waals surface area contributed by atoms with Crippen LogP contribution in [0.3, 0.4) is 0 Å². The first-order valence-electron chi connectivity index (χ1n) is 12.3. The lowest BCUT2D eigenvalue weighted by molar-refractivity contribution is -0.150. The van der Waals surface area contributed by atoms with Gasteiger partial charge in [0.05, 0.1) is 12.1 Å². The second-order valence-electron chi connectivity index (χ2n) is 9.91. The van der Waals surface area contributed by atoms with Gasteiger partial charge in [0.15, 0.2) is 0 Å². The number of hydrogen-bond acceptors (Lipinski definition) is 5. The van der Waals surface area contributed by atoms with Crippen LogP contribution in [0.1, 0.15) is 36.3 Å². The summed E-state index contributed by atoms with van der Waals surface area (Å²) in [6.07, 6.45) is 0.982. The number of aliphatic carboxylic acids is 1. The van der Waals surface area contributed by atoms with Gasteiger partial charge in [-0.3, -0.25) is 4.79 Å². The number of fused-ring (bicyclic) bond motifs is 4. The van der Waals surface area contributed by atoms with Gasteiger partial charge in [-0.25, -0.2) is 9.59 Å². The monoisotopic (exact) mass is 476 g/mol. The van der Waals surface area contributed by atoms with E-state index in [2.05, 4.69) is 29.6 Å². The highest BCUT2D eigenvalue weighted by Crippen LogP contribution is 2.45. The molecule has 2 aliphatic carbocycles. The second-order valence-corrected chi connectivity index (χ2v) is 9.91. The summed E-state index contributed by atoms with van der Waals surface area (Å²) in [7, 11) is 0. The molecule has 1 unspecified atom stereocenters. The Labute approximate surface area is 203 Å². The fraction of sp³-hybridized carbons (Fsp3) is 0.444. The fourth-order valence-corrected chi connectivity index (χ4v) is 6.11. The minimum atomic E-state index is -0.981. The van der Waals surface area contributed by atoms with E-state index in [0.29, 0.717) is 32.4 Å². The third kappa shape index (κ3) is 3.86. The van der Waals surface area contributed by atoms with E-state index >= 15 is 0 Å². The van der Waals surface area contributed by atoms with Crippen molar-refractivity contribution >= 4 is 18.0 Å². The summed E-state index contributed by atoms with van der Waals surface area (Å²) in [6.45, 7) is 1.14. The third-order valence-electron chi connectivity index (χ3n) is 7.95. The highest BCUT2D eigenvalue weighted by Gasteiger charge is 2.55. The number of nitrogens with one attached hydrogen (secondary N) is 1. The number of nitrogens with zero attached hydrogens (tertiary/aromatic N) is 1. The number of carboxylic acids is 1. The molecule has 6 rings (SSSR count). The van der Waals surface area contributed by atoms with E-state index in [4.69, 9.17) is 9.47 Å². The van der Waals surface area contributed by atoms with Crippen molar-refractivity contribution in [3.05, 3.63) is 59.7 Å². The van der Waals surface area contributed by atoms with Crippen LogP contribution in [0, 0.1) is 11.8 Å². The molecule has 0 aromatic heterocycles. The van der Waals surface area contributed by atoms with E-state index < -0.39 is 18.1 Å². The van der Waals surface area contributed by atoms with Crippen LogP contribution < -0.4 is 5.32 Å². The summed E-state index contributed by atoms with van der Waals surface area (Å²) in [6, 6.07) is 15.4. The fourth-order valence-electron chi connectivity index (χ4n) is 6.11. The van der Waals surface area contributed by atoms with Crippen molar-refractivity contribution in [3.8, 4) is 11.1 Å². The zero-order valence-corrected chi connectivity index (χ0v) is 19.3. The van der Waals surface area contributed by atoms with Crippen LogP contribution in [0.4, 0.5) is 4.79 Å². The number of hydrogen-bond donors (Lipinski definition) is 2. The maximum Gasteiger partial charge on any atom is 0.407 e. The largest absolute Gasteiger partial charge is 0.480 e. The third-order valence-corrected chi connectivity index (χ3v) is 7.95. The Morgan fingerprint density at radius 1 is 1.03 bits per heavy atom. The maximum atomic E-state index is 13.1. The van der Waals surface area contributed by atoms with Gasteiger partial charge in [0.2, 0.25) is 5.91 Å². The number of carbonyl (C=O) groups excluding carboxylic acids is 2. The van der Waals surface area contributed by atoms with Gasteiger partial charge < -0.3 is 24.8 Å². The molecule has 2 aliphatic heterocycles. The summed E-state index contributed by atoms with van der Waals surface area (Å²) in [5.41, 5.74) is 4.66. The second kappa shape index (κ2) is 8.68. The van der Waals surface area contributed by atoms with Gasteiger partial charge in [-0.2, -0.15) is 0 Å². The predicted molar refractivity (Wildman–Crippen MR) is 126 cm³/mol. The lowest BCUT2D eigenvalue weighted by atomic mass is 9.98. The van der Waals surface area contributed by atoms with Gasteiger partial charge in [-0.05, 0) is 41.0 Å². The normalized spacial score (nSPS) is 28.2. The number of rotatable bonds is 6. The number of carbonyl (C=O) groups is 3. The molecule has 2 N–H and O–H groups in total. The Morgan fingerprint density at radius 3 is 2.40 bits per heavy atom. The van der Waals surface area contributed by atoms with E-state index in [1.54, 1.807) is 0 Å². The quantitative estimate of drug-likeness (QED) is 0.664. The molecule has 0 radical (unpaired) electrons. The van der Waals surface area contributed by atoms with Crippen LogP contribution in [0.2, 0.25) is 0 Å². The first-order valence-corrected chi connectivity index (χ1v) is 12.3. The smallest absolute Gasteiger partial charge is 0.407 e. The van der Waals surface area contributed by atoms with Crippen molar-refractivity contribution < 1.29 is 29.0 Å². The molecule has 2 heterocycles. The molecule has 0 bridgehead atoms. The minimum Gasteiger partial charge on any atom is -0.480 e. The molecule has 8 heteroatoms. The van der Waals surface area contributed by atoms with Crippen molar-refractivity contribution in [1.82, 2.24) is 10.2 Å². The zero-order chi connectivity index (χ0) is 24.1. The van der Waals surface area contributed by atoms with Crippen molar-refractivity contribution in [1.29, 1.82) is 0 Å². The van der Waals surface area contributed by atoms with Gasteiger partial charge >= 0.3 is 12.1 Å². The highest BCUT2D eigenvalue weighted by molar-refractivity contribution is 5.88. The average Bonchev–Trinajstić information content (AvgIpc) is 3.18. The number of likely N-dealkylation sites (tertiary alicyclic amines) is 1. The van der Waals surface area contributed by atoms with E-state index in [1.807, 2.05) is 24.3 Å². The molecular weight excluding hydrogens is 448 g/mol. The van der Waals surface area contributed by atoms with Crippen molar-refractivity contribution in [2.45, 2.75) is 43.4 Å². The number of amides is 2. The molecule has 2 aromatic carbocycles. The lowest BCUT2D eigenvalue weighted by Crippen LogP contribution is -2.46. The SMILES string of the molecule is O=C(NC[C@@H]1C[C@@H]1C(=O)N1C(C(=O)O)C[C@H]2OCC[C@H]21)OCC1c2ccccc2-c2ccccc21. The molecule has 2 aromatic rings. The molecular formula is C27H28N2O6. The Morgan fingerprint density at radius 2 is 1.71 bits per heavy atom. The summed E-state index contributed by atoms with van der Waals surface area (Å²) < 4.78 is 11.2. The van der Waals surface area contributed by atoms with Crippen LogP contribution >= 0.6 is 0 Å². The first kappa shape index (κ1) is 22.1. The molecule has 3 fully saturated rings. The van der Waals surface area contributed by atoms with Crippen LogP contribution in [0.15, 0.2) is 48.5 Å². The van der Waals surface area contributed by atoms with Gasteiger partial charge in [-0.1, -0.05) is 48.5 Å². The van der Waals surface area contributed by atoms with Crippen molar-refractivity contribution in [2.24, 2.45) is 11.8 Å². The van der Waals surface area contributed by atoms with E-state index in [9.17, 15) is 19.5 Å². The molecule has 8 nitrogen and oxygen atoms in total. The number of benzene rings is 2. The Balaban J connectivity index is 1.02. The first-order chi connectivity index (χ1) is 17.0. The van der Waals surface area contributed by atoms with Crippen LogP contribution in [0.25, 0.3) is 11.1 Å². The Bertz CT molecular complexity index is 1140. The van der Waals surface area contributed by atoms with Crippen molar-refractivity contribution in [2.75, 3.05) is 19.8 Å². The maximum absolute atomic E-state index is 13.1. The molecule has 0 spiro atoms. The van der Waals surface area contributed by atoms with Gasteiger partial charge in [0.25, 0.3) is 0 Å². The van der Waals surface area contributed by atoms with Crippen LogP contribution in [0.5, 0.6) is 0 Å². The molecule has 5 atom stereocenters. The van der Waals surface area contributed by atoms with Gasteiger partial charge in [0, 0.05) is 31.4 Å². The molecule has 2 saturated heterocycles. The van der Waals surface area contributed by atoms with E-state index in [0.717, 1.165) is 11.1 Å². The Kier molecular flexibility index (Phi) is 5.48. The number of alkyl carbamates (subject to hydrolysis) is 1. The Hall–Kier alpha value is -3.39. The summed E-state index contributed by atoms with van der Waals surface area (Å²) in [5.74, 6) is -1.38. The predicted octanol–water partition coefficient (Wildman–Crippen LogP) is 3.00. The standard InChI is InChI=1S/C27H28N2O6/c30-25(29-22-9-10-34-24(22)12-23(29)26(31)32)20-11-15(20)13-28-27(33)35-14-21-18-7-3-1-5-16(18)17-6-2-4-8-19(17)21/h1-8,15,20-24H,9-14H2,(H,28,33)(H,31,32)/t15-,20-,22+,23?,24+/m0/s1. The summed E-state index contributed by atoms with van der Waals surface area (Å²) in [4.78, 5) is 38.8. The topological polar surface area (TPSA) is 105 Å². The van der Waals surface area contributed by atoms with E-state index in [1.165, 1.54) is 16.0 Å². The molecule has 182 valence electrons. The average molecular weight is 477 g/mol. The van der Waals surface area contributed by atoms with Crippen LogP contribution in [-0.4, -0.2) is 65.9 Å².